The molecule has 0 bridgehead atoms. The van der Waals surface area contributed by atoms with E-state index in [1.807, 2.05) is 18.5 Å². The third kappa shape index (κ3) is 1.81. The molecule has 2 rings (SSSR count). The summed E-state index contributed by atoms with van der Waals surface area (Å²) in [6.45, 7) is 4.99. The maximum Gasteiger partial charge on any atom is 0.196 e. The van der Waals surface area contributed by atoms with Gasteiger partial charge in [-0.05, 0) is 19.1 Å². The van der Waals surface area contributed by atoms with Crippen LogP contribution in [0.2, 0.25) is 0 Å². The van der Waals surface area contributed by atoms with E-state index in [-0.39, 0.29) is 0 Å². The Morgan fingerprint density at radius 2 is 2.00 bits per heavy atom. The molecule has 86 valence electrons. The van der Waals surface area contributed by atoms with Crippen molar-refractivity contribution >= 4 is 0 Å². The van der Waals surface area contributed by atoms with Crippen LogP contribution in [0.4, 0.5) is 0 Å². The van der Waals surface area contributed by atoms with E-state index < -0.39 is 0 Å². The fourth-order valence-electron chi connectivity index (χ4n) is 1.70. The average molecular weight is 221 g/mol. The van der Waals surface area contributed by atoms with Crippen molar-refractivity contribution in [2.45, 2.75) is 26.9 Å². The monoisotopic (exact) mass is 221 g/mol. The second-order valence-electron chi connectivity index (χ2n) is 3.71. The van der Waals surface area contributed by atoms with Gasteiger partial charge in [0.1, 0.15) is 6.54 Å². The Morgan fingerprint density at radius 1 is 1.25 bits per heavy atom. The smallest absolute Gasteiger partial charge is 0.196 e. The van der Waals surface area contributed by atoms with Crippen LogP contribution in [0.3, 0.4) is 0 Å². The molecule has 0 atom stereocenters. The average Bonchev–Trinajstić information content (AvgIpc) is 2.74. The molecule has 0 aliphatic heterocycles. The van der Waals surface area contributed by atoms with Crippen molar-refractivity contribution in [3.8, 4) is 0 Å². The Balaban J connectivity index is 2.28. The van der Waals surface area contributed by atoms with Gasteiger partial charge in [-0.1, -0.05) is 0 Å². The molecule has 0 aliphatic carbocycles. The number of nitrogens with zero attached hydrogens (tertiary/aromatic N) is 6. The lowest BCUT2D eigenvalue weighted by molar-refractivity contribution is 0.610. The van der Waals surface area contributed by atoms with Crippen molar-refractivity contribution in [1.82, 2.24) is 30.0 Å². The lowest BCUT2D eigenvalue weighted by atomic mass is 10.2. The summed E-state index contributed by atoms with van der Waals surface area (Å²) in [5.41, 5.74) is 8.77. The third-order valence-corrected chi connectivity index (χ3v) is 2.58. The minimum Gasteiger partial charge on any atom is -0.326 e. The largest absolute Gasteiger partial charge is 0.326 e. The predicted octanol–water partition coefficient (Wildman–Crippen LogP) is -0.470. The Kier molecular flexibility index (Phi) is 2.69. The van der Waals surface area contributed by atoms with E-state index in [0.29, 0.717) is 18.9 Å². The van der Waals surface area contributed by atoms with Gasteiger partial charge < -0.3 is 5.73 Å². The van der Waals surface area contributed by atoms with E-state index in [2.05, 4.69) is 20.5 Å². The van der Waals surface area contributed by atoms with Gasteiger partial charge in [0.2, 0.25) is 0 Å². The summed E-state index contributed by atoms with van der Waals surface area (Å²) in [4.78, 5) is 1.44. The van der Waals surface area contributed by atoms with Gasteiger partial charge in [0.15, 0.2) is 5.82 Å². The molecule has 2 aromatic rings. The molecule has 2 aromatic heterocycles. The van der Waals surface area contributed by atoms with Gasteiger partial charge in [-0.3, -0.25) is 4.68 Å². The summed E-state index contributed by atoms with van der Waals surface area (Å²) in [7, 11) is 1.74. The first-order chi connectivity index (χ1) is 7.61. The quantitative estimate of drug-likeness (QED) is 0.757. The van der Waals surface area contributed by atoms with Crippen molar-refractivity contribution in [2.24, 2.45) is 12.8 Å². The summed E-state index contributed by atoms with van der Waals surface area (Å²) in [6, 6.07) is 0. The van der Waals surface area contributed by atoms with Crippen LogP contribution in [0.5, 0.6) is 0 Å². The Morgan fingerprint density at radius 3 is 2.50 bits per heavy atom. The zero-order chi connectivity index (χ0) is 11.7. The molecule has 0 fully saturated rings. The third-order valence-electron chi connectivity index (χ3n) is 2.58. The molecule has 0 saturated carbocycles. The highest BCUT2D eigenvalue weighted by Gasteiger charge is 2.11. The summed E-state index contributed by atoms with van der Waals surface area (Å²) >= 11 is 0. The molecular weight excluding hydrogens is 206 g/mol. The van der Waals surface area contributed by atoms with E-state index in [1.54, 1.807) is 7.05 Å². The highest BCUT2D eigenvalue weighted by atomic mass is 15.6. The van der Waals surface area contributed by atoms with Gasteiger partial charge >= 0.3 is 0 Å². The van der Waals surface area contributed by atoms with E-state index >= 15 is 0 Å². The van der Waals surface area contributed by atoms with E-state index in [0.717, 1.165) is 17.0 Å². The van der Waals surface area contributed by atoms with E-state index in [4.69, 9.17) is 5.73 Å². The number of hydrogen-bond acceptors (Lipinski definition) is 5. The molecular formula is C9H15N7. The van der Waals surface area contributed by atoms with Crippen molar-refractivity contribution in [1.29, 1.82) is 0 Å². The van der Waals surface area contributed by atoms with Crippen LogP contribution in [-0.4, -0.2) is 30.0 Å². The first-order valence-corrected chi connectivity index (χ1v) is 5.07. The Bertz CT molecular complexity index is 496. The van der Waals surface area contributed by atoms with Crippen molar-refractivity contribution < 1.29 is 0 Å². The van der Waals surface area contributed by atoms with Crippen molar-refractivity contribution in [3.05, 3.63) is 22.8 Å². The van der Waals surface area contributed by atoms with Crippen LogP contribution in [0.25, 0.3) is 0 Å². The highest BCUT2D eigenvalue weighted by molar-refractivity contribution is 5.24. The minimum atomic E-state index is 0.506. The van der Waals surface area contributed by atoms with Gasteiger partial charge in [-0.2, -0.15) is 9.90 Å². The number of nitrogens with two attached hydrogens (primary N) is 1. The first-order valence-electron chi connectivity index (χ1n) is 5.07. The topological polar surface area (TPSA) is 87.4 Å². The molecule has 0 aliphatic rings. The molecule has 2 N–H and O–H groups in total. The van der Waals surface area contributed by atoms with Gasteiger partial charge in [-0.15, -0.1) is 10.2 Å². The van der Waals surface area contributed by atoms with E-state index in [9.17, 15) is 0 Å². The number of aromatic nitrogens is 6. The second-order valence-corrected chi connectivity index (χ2v) is 3.71. The molecule has 0 saturated heterocycles. The molecule has 0 unspecified atom stereocenters. The fraction of sp³-hybridized carbons (Fsp3) is 0.556. The molecule has 7 heteroatoms. The van der Waals surface area contributed by atoms with Gasteiger partial charge in [0.25, 0.3) is 0 Å². The Labute approximate surface area is 93.2 Å². The number of rotatable bonds is 3. The van der Waals surface area contributed by atoms with Crippen LogP contribution in [0, 0.1) is 13.8 Å². The van der Waals surface area contributed by atoms with Gasteiger partial charge in [0.05, 0.1) is 12.7 Å². The van der Waals surface area contributed by atoms with Crippen LogP contribution < -0.4 is 5.73 Å². The molecule has 16 heavy (non-hydrogen) atoms. The SMILES string of the molecule is Cc1nn(Cc2nnn(C)n2)c(C)c1CN. The van der Waals surface area contributed by atoms with Crippen molar-refractivity contribution in [2.75, 3.05) is 0 Å². The standard InChI is InChI=1S/C9H15N7/c1-6-8(4-10)7(2)16(12-6)5-9-11-14-15(3)13-9/h4-5,10H2,1-3H3. The number of hydrogen-bond donors (Lipinski definition) is 1. The lowest BCUT2D eigenvalue weighted by Gasteiger charge is -2.00. The molecule has 0 radical (unpaired) electrons. The fourth-order valence-corrected chi connectivity index (χ4v) is 1.70. The van der Waals surface area contributed by atoms with Gasteiger partial charge in [-0.25, -0.2) is 0 Å². The zero-order valence-corrected chi connectivity index (χ0v) is 9.67. The molecule has 0 spiro atoms. The van der Waals surface area contributed by atoms with Crippen LogP contribution in [0.1, 0.15) is 22.8 Å². The Hall–Kier alpha value is -1.76. The normalized spacial score (nSPS) is 11.0. The van der Waals surface area contributed by atoms with Gasteiger partial charge in [0, 0.05) is 17.8 Å². The maximum atomic E-state index is 5.66. The molecule has 0 aromatic carbocycles. The zero-order valence-electron chi connectivity index (χ0n) is 9.67. The molecule has 7 nitrogen and oxygen atoms in total. The first kappa shape index (κ1) is 10.7. The summed E-state index contributed by atoms with van der Waals surface area (Å²) in [5.74, 6) is 0.650. The van der Waals surface area contributed by atoms with E-state index in [1.165, 1.54) is 4.80 Å². The number of tetrazole rings is 1. The maximum absolute atomic E-state index is 5.66. The summed E-state index contributed by atoms with van der Waals surface area (Å²) in [5, 5.41) is 16.2. The summed E-state index contributed by atoms with van der Waals surface area (Å²) in [6.07, 6.45) is 0. The predicted molar refractivity (Wildman–Crippen MR) is 57.5 cm³/mol. The molecule has 2 heterocycles. The molecule has 0 amide bonds. The highest BCUT2D eigenvalue weighted by Crippen LogP contribution is 2.12. The lowest BCUT2D eigenvalue weighted by Crippen LogP contribution is -2.07. The minimum absolute atomic E-state index is 0.506. The van der Waals surface area contributed by atoms with Crippen LogP contribution in [-0.2, 0) is 20.1 Å². The van der Waals surface area contributed by atoms with Crippen LogP contribution in [0.15, 0.2) is 0 Å². The van der Waals surface area contributed by atoms with Crippen molar-refractivity contribution in [3.63, 3.8) is 0 Å². The summed E-state index contributed by atoms with van der Waals surface area (Å²) < 4.78 is 1.86. The van der Waals surface area contributed by atoms with Crippen LogP contribution >= 0.6 is 0 Å². The number of aryl methyl sites for hydroxylation is 2. The second kappa shape index (κ2) is 4.01.